The predicted octanol–water partition coefficient (Wildman–Crippen LogP) is 2.98. The van der Waals surface area contributed by atoms with E-state index < -0.39 is 0 Å². The highest BCUT2D eigenvalue weighted by Crippen LogP contribution is 2.59. The van der Waals surface area contributed by atoms with Crippen LogP contribution in [0.25, 0.3) is 0 Å². The highest BCUT2D eigenvalue weighted by Gasteiger charge is 2.54. The molecule has 3 aliphatic carbocycles. The Morgan fingerprint density at radius 2 is 2.14 bits per heavy atom. The molecule has 0 heterocycles. The van der Waals surface area contributed by atoms with Gasteiger partial charge in [-0.3, -0.25) is 0 Å². The summed E-state index contributed by atoms with van der Waals surface area (Å²) in [5.74, 6) is 1.91. The van der Waals surface area contributed by atoms with Gasteiger partial charge in [-0.2, -0.15) is 0 Å². The van der Waals surface area contributed by atoms with Crippen LogP contribution < -0.4 is 5.32 Å². The van der Waals surface area contributed by atoms with Gasteiger partial charge in [0.05, 0.1) is 0 Å². The van der Waals surface area contributed by atoms with Crippen molar-refractivity contribution in [3.05, 3.63) is 12.7 Å². The zero-order valence-corrected chi connectivity index (χ0v) is 9.72. The molecule has 0 spiro atoms. The molecule has 0 aromatic heterocycles. The van der Waals surface area contributed by atoms with Gasteiger partial charge in [0.15, 0.2) is 0 Å². The van der Waals surface area contributed by atoms with Gasteiger partial charge >= 0.3 is 0 Å². The van der Waals surface area contributed by atoms with E-state index in [2.05, 4.69) is 32.7 Å². The van der Waals surface area contributed by atoms with Gasteiger partial charge in [-0.1, -0.05) is 19.9 Å². The van der Waals surface area contributed by atoms with Crippen LogP contribution in [0.3, 0.4) is 0 Å². The number of fused-ring (bicyclic) bond motifs is 2. The molecule has 0 saturated heterocycles. The molecule has 1 heteroatoms. The lowest BCUT2D eigenvalue weighted by atomic mass is 9.47. The van der Waals surface area contributed by atoms with E-state index in [1.165, 1.54) is 19.3 Å². The summed E-state index contributed by atoms with van der Waals surface area (Å²) < 4.78 is 0. The summed E-state index contributed by atoms with van der Waals surface area (Å²) in [6.45, 7) is 10.9. The van der Waals surface area contributed by atoms with Gasteiger partial charge in [0.2, 0.25) is 0 Å². The second kappa shape index (κ2) is 3.37. The first kappa shape index (κ1) is 10.2. The first-order valence-electron chi connectivity index (χ1n) is 5.94. The molecule has 4 unspecified atom stereocenters. The van der Waals surface area contributed by atoms with Crippen LogP contribution >= 0.6 is 0 Å². The van der Waals surface area contributed by atoms with Crippen molar-refractivity contribution in [1.82, 2.24) is 5.32 Å². The lowest BCUT2D eigenvalue weighted by Crippen LogP contribution is -2.59. The summed E-state index contributed by atoms with van der Waals surface area (Å²) in [6.07, 6.45) is 6.26. The molecule has 3 fully saturated rings. The largest absolute Gasteiger partial charge is 0.308 e. The molecule has 80 valence electrons. The lowest BCUT2D eigenvalue weighted by Gasteiger charge is -2.60. The fraction of sp³-hybridized carbons (Fsp3) is 0.846. The average Bonchev–Trinajstić information content (AvgIpc) is 2.17. The maximum absolute atomic E-state index is 3.84. The molecule has 3 aliphatic rings. The molecule has 0 aliphatic heterocycles. The zero-order chi connectivity index (χ0) is 10.3. The first-order valence-corrected chi connectivity index (χ1v) is 5.94. The molecular weight excluding hydrogens is 170 g/mol. The van der Waals surface area contributed by atoms with Crippen molar-refractivity contribution in [3.8, 4) is 0 Å². The zero-order valence-electron chi connectivity index (χ0n) is 9.72. The molecule has 3 saturated carbocycles. The summed E-state index contributed by atoms with van der Waals surface area (Å²) >= 11 is 0. The molecule has 3 rings (SSSR count). The smallest absolute Gasteiger partial charge is 0.0221 e. The van der Waals surface area contributed by atoms with E-state index in [0.29, 0.717) is 11.5 Å². The van der Waals surface area contributed by atoms with E-state index in [-0.39, 0.29) is 0 Å². The van der Waals surface area contributed by atoms with Crippen molar-refractivity contribution in [2.24, 2.45) is 17.3 Å². The van der Waals surface area contributed by atoms with E-state index in [9.17, 15) is 0 Å². The summed E-state index contributed by atoms with van der Waals surface area (Å²) in [4.78, 5) is 0. The van der Waals surface area contributed by atoms with Crippen LogP contribution in [0, 0.1) is 17.3 Å². The summed E-state index contributed by atoms with van der Waals surface area (Å²) in [7, 11) is 0. The van der Waals surface area contributed by atoms with Crippen molar-refractivity contribution < 1.29 is 0 Å². The van der Waals surface area contributed by atoms with Crippen LogP contribution in [0.5, 0.6) is 0 Å². The normalized spacial score (nSPS) is 41.2. The maximum atomic E-state index is 3.84. The summed E-state index contributed by atoms with van der Waals surface area (Å²) in [5.41, 5.74) is 0.594. The fourth-order valence-corrected chi connectivity index (χ4v) is 3.42. The molecule has 2 bridgehead atoms. The highest BCUT2D eigenvalue weighted by atomic mass is 15.0. The van der Waals surface area contributed by atoms with Crippen LogP contribution in [0.15, 0.2) is 12.7 Å². The molecule has 0 radical (unpaired) electrons. The third-order valence-corrected chi connectivity index (χ3v) is 4.69. The minimum Gasteiger partial charge on any atom is -0.308 e. The second-order valence-corrected chi connectivity index (χ2v) is 5.74. The molecule has 4 atom stereocenters. The number of hydrogen-bond acceptors (Lipinski definition) is 1. The Bertz CT molecular complexity index is 229. The van der Waals surface area contributed by atoms with Gasteiger partial charge in [-0.05, 0) is 43.4 Å². The molecule has 1 nitrogen and oxygen atoms in total. The molecule has 0 aromatic rings. The first-order chi connectivity index (χ1) is 6.55. The maximum Gasteiger partial charge on any atom is 0.0221 e. The Morgan fingerprint density at radius 1 is 1.43 bits per heavy atom. The van der Waals surface area contributed by atoms with Gasteiger partial charge < -0.3 is 5.32 Å². The minimum absolute atomic E-state index is 0.466. The highest BCUT2D eigenvalue weighted by molar-refractivity contribution is 5.06. The second-order valence-electron chi connectivity index (χ2n) is 5.74. The quantitative estimate of drug-likeness (QED) is 0.679. The van der Waals surface area contributed by atoms with Crippen LogP contribution in [0.4, 0.5) is 0 Å². The van der Waals surface area contributed by atoms with E-state index in [4.69, 9.17) is 0 Å². The van der Waals surface area contributed by atoms with Gasteiger partial charge in [0.25, 0.3) is 0 Å². The van der Waals surface area contributed by atoms with Crippen molar-refractivity contribution >= 4 is 0 Å². The fourth-order valence-electron chi connectivity index (χ4n) is 3.42. The van der Waals surface area contributed by atoms with Crippen molar-refractivity contribution in [1.29, 1.82) is 0 Å². The summed E-state index contributed by atoms with van der Waals surface area (Å²) in [5, 5.41) is 3.69. The Balaban J connectivity index is 1.97. The minimum atomic E-state index is 0.466. The van der Waals surface area contributed by atoms with Crippen LogP contribution in [0.2, 0.25) is 0 Å². The van der Waals surface area contributed by atoms with Gasteiger partial charge in [0.1, 0.15) is 0 Å². The topological polar surface area (TPSA) is 12.0 Å². The van der Waals surface area contributed by atoms with Crippen LogP contribution in [-0.4, -0.2) is 12.1 Å². The van der Waals surface area contributed by atoms with Crippen molar-refractivity contribution in [2.75, 3.05) is 0 Å². The molecular formula is C13H23N. The van der Waals surface area contributed by atoms with Gasteiger partial charge in [-0.15, -0.1) is 6.58 Å². The van der Waals surface area contributed by atoms with Crippen LogP contribution in [-0.2, 0) is 0 Å². The number of nitrogens with one attached hydrogen (secondary N) is 1. The van der Waals surface area contributed by atoms with E-state index in [1.54, 1.807) is 0 Å². The Labute approximate surface area is 88.0 Å². The Hall–Kier alpha value is -0.300. The SMILES string of the molecule is C=CC(C)NC1CCC2CC1C2(C)C. The average molecular weight is 193 g/mol. The van der Waals surface area contributed by atoms with Gasteiger partial charge in [-0.25, -0.2) is 0 Å². The third-order valence-electron chi connectivity index (χ3n) is 4.69. The number of rotatable bonds is 3. The van der Waals surface area contributed by atoms with Gasteiger partial charge in [0, 0.05) is 12.1 Å². The Kier molecular flexibility index (Phi) is 2.46. The summed E-state index contributed by atoms with van der Waals surface area (Å²) in [6, 6.07) is 1.20. The molecule has 14 heavy (non-hydrogen) atoms. The molecule has 0 amide bonds. The predicted molar refractivity (Wildman–Crippen MR) is 61.2 cm³/mol. The van der Waals surface area contributed by atoms with Crippen molar-refractivity contribution in [3.63, 3.8) is 0 Å². The Morgan fingerprint density at radius 3 is 2.64 bits per heavy atom. The van der Waals surface area contributed by atoms with E-state index >= 15 is 0 Å². The third kappa shape index (κ3) is 1.42. The standard InChI is InChI=1S/C13H23N/c1-5-9(2)14-12-7-6-10-8-11(12)13(10,3)4/h5,9-12,14H,1,6-8H2,2-4H3. The lowest BCUT2D eigenvalue weighted by molar-refractivity contribution is -0.0877. The van der Waals surface area contributed by atoms with E-state index in [0.717, 1.165) is 17.9 Å². The van der Waals surface area contributed by atoms with Crippen molar-refractivity contribution in [2.45, 2.75) is 52.1 Å². The van der Waals surface area contributed by atoms with Crippen LogP contribution in [0.1, 0.15) is 40.0 Å². The molecule has 0 aromatic carbocycles. The van der Waals surface area contributed by atoms with E-state index in [1.807, 2.05) is 6.08 Å². The number of hydrogen-bond donors (Lipinski definition) is 1. The monoisotopic (exact) mass is 193 g/mol. The molecule has 1 N–H and O–H groups in total.